The molecule has 1 N–H and O–H groups in total. The van der Waals surface area contributed by atoms with E-state index in [0.717, 1.165) is 11.3 Å². The average Bonchev–Trinajstić information content (AvgIpc) is 2.39. The van der Waals surface area contributed by atoms with E-state index in [0.29, 0.717) is 6.54 Å². The molecule has 0 amide bonds. The smallest absolute Gasteiger partial charge is 0.141 e. The highest BCUT2D eigenvalue weighted by atomic mass is 19.1. The van der Waals surface area contributed by atoms with Crippen molar-refractivity contribution < 1.29 is 4.39 Å². The minimum absolute atomic E-state index is 0.0592. The first-order chi connectivity index (χ1) is 8.69. The summed E-state index contributed by atoms with van der Waals surface area (Å²) in [4.78, 5) is 0. The van der Waals surface area contributed by atoms with Gasteiger partial charge in [-0.1, -0.05) is 29.8 Å². The molecule has 0 fully saturated rings. The van der Waals surface area contributed by atoms with Crippen molar-refractivity contribution in [3.8, 4) is 6.07 Å². The van der Waals surface area contributed by atoms with Crippen molar-refractivity contribution in [1.29, 1.82) is 5.26 Å². The molecule has 0 radical (unpaired) electrons. The second-order valence-electron chi connectivity index (χ2n) is 4.15. The molecular formula is C15H13FN2. The fraction of sp³-hybridized carbons (Fsp3) is 0.133. The van der Waals surface area contributed by atoms with Gasteiger partial charge in [0.1, 0.15) is 11.9 Å². The molecule has 0 bridgehead atoms. The molecule has 0 heterocycles. The van der Waals surface area contributed by atoms with Crippen LogP contribution in [0.3, 0.4) is 0 Å². The van der Waals surface area contributed by atoms with Crippen LogP contribution in [0.1, 0.15) is 16.7 Å². The number of nitrogens with zero attached hydrogens (tertiary/aromatic N) is 1. The van der Waals surface area contributed by atoms with Gasteiger partial charge < -0.3 is 5.32 Å². The Balaban J connectivity index is 2.06. The number of aryl methyl sites for hydroxylation is 1. The van der Waals surface area contributed by atoms with Crippen LogP contribution in [-0.2, 0) is 6.54 Å². The Kier molecular flexibility index (Phi) is 3.59. The highest BCUT2D eigenvalue weighted by Crippen LogP contribution is 2.15. The van der Waals surface area contributed by atoms with Crippen LogP contribution < -0.4 is 5.32 Å². The highest BCUT2D eigenvalue weighted by Gasteiger charge is 2.02. The molecular weight excluding hydrogens is 227 g/mol. The normalized spacial score (nSPS) is 9.83. The maximum Gasteiger partial charge on any atom is 0.141 e. The Morgan fingerprint density at radius 3 is 2.56 bits per heavy atom. The fourth-order valence-electron chi connectivity index (χ4n) is 1.63. The summed E-state index contributed by atoms with van der Waals surface area (Å²) in [5.41, 5.74) is 3.16. The molecule has 0 saturated carbocycles. The molecule has 3 heteroatoms. The molecule has 0 atom stereocenters. The van der Waals surface area contributed by atoms with E-state index in [-0.39, 0.29) is 5.56 Å². The minimum atomic E-state index is -0.488. The van der Waals surface area contributed by atoms with Crippen molar-refractivity contribution >= 4 is 5.69 Å². The predicted octanol–water partition coefficient (Wildman–Crippen LogP) is 3.62. The summed E-state index contributed by atoms with van der Waals surface area (Å²) in [6.45, 7) is 2.69. The largest absolute Gasteiger partial charge is 0.381 e. The van der Waals surface area contributed by atoms with E-state index >= 15 is 0 Å². The lowest BCUT2D eigenvalue weighted by atomic mass is 10.1. The summed E-state index contributed by atoms with van der Waals surface area (Å²) in [6.07, 6.45) is 0. The van der Waals surface area contributed by atoms with Crippen LogP contribution in [0.4, 0.5) is 10.1 Å². The Morgan fingerprint density at radius 2 is 1.89 bits per heavy atom. The zero-order valence-corrected chi connectivity index (χ0v) is 10.1. The monoisotopic (exact) mass is 240 g/mol. The summed E-state index contributed by atoms with van der Waals surface area (Å²) in [6, 6.07) is 14.4. The zero-order valence-electron chi connectivity index (χ0n) is 10.1. The second kappa shape index (κ2) is 5.33. The van der Waals surface area contributed by atoms with Gasteiger partial charge in [-0.15, -0.1) is 0 Å². The Hall–Kier alpha value is -2.34. The molecule has 0 aliphatic carbocycles. The quantitative estimate of drug-likeness (QED) is 0.889. The van der Waals surface area contributed by atoms with Crippen LogP contribution in [0.2, 0.25) is 0 Å². The van der Waals surface area contributed by atoms with Gasteiger partial charge in [0.05, 0.1) is 5.56 Å². The summed E-state index contributed by atoms with van der Waals surface area (Å²) >= 11 is 0. The molecule has 2 nitrogen and oxygen atoms in total. The highest BCUT2D eigenvalue weighted by molar-refractivity contribution is 5.50. The van der Waals surface area contributed by atoms with Crippen LogP contribution in [0.15, 0.2) is 42.5 Å². The molecule has 90 valence electrons. The summed E-state index contributed by atoms with van der Waals surface area (Å²) in [5.74, 6) is -0.488. The average molecular weight is 240 g/mol. The molecule has 0 unspecified atom stereocenters. The van der Waals surface area contributed by atoms with Crippen LogP contribution in [-0.4, -0.2) is 0 Å². The lowest BCUT2D eigenvalue weighted by Crippen LogP contribution is -2.00. The maximum absolute atomic E-state index is 13.1. The first kappa shape index (κ1) is 12.1. The lowest BCUT2D eigenvalue weighted by Gasteiger charge is -2.07. The van der Waals surface area contributed by atoms with E-state index in [1.807, 2.05) is 37.3 Å². The van der Waals surface area contributed by atoms with Crippen molar-refractivity contribution in [3.05, 3.63) is 65.0 Å². The third-order valence-corrected chi connectivity index (χ3v) is 2.70. The van der Waals surface area contributed by atoms with E-state index in [9.17, 15) is 4.39 Å². The second-order valence-corrected chi connectivity index (χ2v) is 4.15. The van der Waals surface area contributed by atoms with E-state index in [1.165, 1.54) is 17.7 Å². The van der Waals surface area contributed by atoms with E-state index in [2.05, 4.69) is 5.32 Å². The van der Waals surface area contributed by atoms with Crippen molar-refractivity contribution in [2.75, 3.05) is 5.32 Å². The molecule has 2 rings (SSSR count). The Bertz CT molecular complexity index is 582. The minimum Gasteiger partial charge on any atom is -0.381 e. The number of benzene rings is 2. The van der Waals surface area contributed by atoms with E-state index in [4.69, 9.17) is 5.26 Å². The summed E-state index contributed by atoms with van der Waals surface area (Å²) in [5, 5.41) is 11.9. The van der Waals surface area contributed by atoms with Gasteiger partial charge in [0.15, 0.2) is 0 Å². The molecule has 2 aromatic carbocycles. The molecule has 0 aromatic heterocycles. The van der Waals surface area contributed by atoms with Crippen molar-refractivity contribution in [3.63, 3.8) is 0 Å². The topological polar surface area (TPSA) is 35.8 Å². The van der Waals surface area contributed by atoms with Gasteiger partial charge in [0, 0.05) is 12.2 Å². The third-order valence-electron chi connectivity index (χ3n) is 2.70. The van der Waals surface area contributed by atoms with Crippen LogP contribution in [0.5, 0.6) is 0 Å². The van der Waals surface area contributed by atoms with Gasteiger partial charge in [0.25, 0.3) is 0 Å². The lowest BCUT2D eigenvalue weighted by molar-refractivity contribution is 0.624. The van der Waals surface area contributed by atoms with Gasteiger partial charge in [-0.3, -0.25) is 0 Å². The van der Waals surface area contributed by atoms with Gasteiger partial charge in [0.2, 0.25) is 0 Å². The SMILES string of the molecule is Cc1ccc(CNc2ccc(F)c(C#N)c2)cc1. The number of hydrogen-bond donors (Lipinski definition) is 1. The predicted molar refractivity (Wildman–Crippen MR) is 69.6 cm³/mol. The third kappa shape index (κ3) is 2.86. The van der Waals surface area contributed by atoms with Gasteiger partial charge >= 0.3 is 0 Å². The number of nitrogens with one attached hydrogen (secondary N) is 1. The first-order valence-electron chi connectivity index (χ1n) is 5.68. The number of anilines is 1. The molecule has 2 aromatic rings. The van der Waals surface area contributed by atoms with Gasteiger partial charge in [-0.05, 0) is 30.7 Å². The summed E-state index contributed by atoms with van der Waals surface area (Å²) in [7, 11) is 0. The van der Waals surface area contributed by atoms with E-state index < -0.39 is 5.82 Å². The Labute approximate surface area is 106 Å². The molecule has 0 spiro atoms. The maximum atomic E-state index is 13.1. The van der Waals surface area contributed by atoms with Gasteiger partial charge in [-0.2, -0.15) is 5.26 Å². The standard InChI is InChI=1S/C15H13FN2/c1-11-2-4-12(5-3-11)10-18-14-6-7-15(16)13(8-14)9-17/h2-8,18H,10H2,1H3. The molecule has 0 saturated heterocycles. The van der Waals surface area contributed by atoms with Crippen molar-refractivity contribution in [2.24, 2.45) is 0 Å². The molecule has 18 heavy (non-hydrogen) atoms. The van der Waals surface area contributed by atoms with Crippen molar-refractivity contribution in [2.45, 2.75) is 13.5 Å². The van der Waals surface area contributed by atoms with E-state index in [1.54, 1.807) is 6.07 Å². The summed E-state index contributed by atoms with van der Waals surface area (Å²) < 4.78 is 13.1. The first-order valence-corrected chi connectivity index (χ1v) is 5.68. The zero-order chi connectivity index (χ0) is 13.0. The van der Waals surface area contributed by atoms with Crippen LogP contribution in [0, 0.1) is 24.1 Å². The Morgan fingerprint density at radius 1 is 1.17 bits per heavy atom. The number of halogens is 1. The number of nitriles is 1. The van der Waals surface area contributed by atoms with Crippen LogP contribution >= 0.6 is 0 Å². The van der Waals surface area contributed by atoms with Crippen molar-refractivity contribution in [1.82, 2.24) is 0 Å². The molecule has 0 aliphatic rings. The fourth-order valence-corrected chi connectivity index (χ4v) is 1.63. The number of hydrogen-bond acceptors (Lipinski definition) is 2. The number of rotatable bonds is 3. The molecule has 0 aliphatic heterocycles. The van der Waals surface area contributed by atoms with Gasteiger partial charge in [-0.25, -0.2) is 4.39 Å². The van der Waals surface area contributed by atoms with Crippen LogP contribution in [0.25, 0.3) is 0 Å².